The number of aryl methyl sites for hydroxylation is 1. The summed E-state index contributed by atoms with van der Waals surface area (Å²) in [6, 6.07) is 0. The number of carbonyl (C=O) groups is 1. The van der Waals surface area contributed by atoms with Crippen molar-refractivity contribution in [2.24, 2.45) is 5.41 Å². The number of hydrogen-bond acceptors (Lipinski definition) is 2. The Morgan fingerprint density at radius 1 is 1.56 bits per heavy atom. The third-order valence-electron chi connectivity index (χ3n) is 2.82. The molecule has 1 aromatic rings. The third-order valence-corrected chi connectivity index (χ3v) is 5.08. The van der Waals surface area contributed by atoms with Crippen molar-refractivity contribution < 1.29 is 4.79 Å². The zero-order chi connectivity index (χ0) is 13.8. The Morgan fingerprint density at radius 3 is 2.72 bits per heavy atom. The average molecular weight is 353 g/mol. The van der Waals surface area contributed by atoms with Crippen molar-refractivity contribution in [1.29, 1.82) is 0 Å². The molecule has 0 unspecified atom stereocenters. The molecule has 5 heteroatoms. The van der Waals surface area contributed by atoms with Gasteiger partial charge in [0.2, 0.25) is 0 Å². The SMILES string of the molecule is Cc1csc(C(=O)NCC(C)(C)CCCBr)c1Cl. The fourth-order valence-electron chi connectivity index (χ4n) is 1.62. The standard InChI is InChI=1S/C13H19BrClNOS/c1-9-7-18-11(10(9)15)12(17)16-8-13(2,3)5-4-6-14/h7H,4-6,8H2,1-3H3,(H,16,17). The van der Waals surface area contributed by atoms with E-state index in [1.54, 1.807) is 0 Å². The van der Waals surface area contributed by atoms with E-state index in [0.29, 0.717) is 16.4 Å². The van der Waals surface area contributed by atoms with Gasteiger partial charge in [-0.3, -0.25) is 4.79 Å². The van der Waals surface area contributed by atoms with E-state index >= 15 is 0 Å². The molecule has 18 heavy (non-hydrogen) atoms. The molecule has 0 aromatic carbocycles. The first kappa shape index (κ1) is 16.0. The smallest absolute Gasteiger partial charge is 0.262 e. The fourth-order valence-corrected chi connectivity index (χ4v) is 3.09. The number of rotatable bonds is 6. The second kappa shape index (κ2) is 6.92. The van der Waals surface area contributed by atoms with Crippen LogP contribution < -0.4 is 5.32 Å². The Labute approximate surface area is 126 Å². The number of alkyl halides is 1. The number of thiophene rings is 1. The molecule has 0 saturated heterocycles. The molecule has 0 aliphatic rings. The molecule has 0 saturated carbocycles. The second-order valence-electron chi connectivity index (χ2n) is 5.20. The topological polar surface area (TPSA) is 29.1 Å². The summed E-state index contributed by atoms with van der Waals surface area (Å²) < 4.78 is 0. The van der Waals surface area contributed by atoms with E-state index in [0.717, 1.165) is 23.7 Å². The lowest BCUT2D eigenvalue weighted by atomic mass is 9.88. The second-order valence-corrected chi connectivity index (χ2v) is 7.25. The van der Waals surface area contributed by atoms with E-state index < -0.39 is 0 Å². The number of carbonyl (C=O) groups excluding carboxylic acids is 1. The van der Waals surface area contributed by atoms with Gasteiger partial charge in [-0.15, -0.1) is 11.3 Å². The van der Waals surface area contributed by atoms with E-state index in [9.17, 15) is 4.79 Å². The lowest BCUT2D eigenvalue weighted by Crippen LogP contribution is -2.33. The summed E-state index contributed by atoms with van der Waals surface area (Å²) in [7, 11) is 0. The van der Waals surface area contributed by atoms with Crippen LogP contribution in [0.4, 0.5) is 0 Å². The van der Waals surface area contributed by atoms with Crippen LogP contribution in [0.2, 0.25) is 5.02 Å². The van der Waals surface area contributed by atoms with E-state index in [2.05, 4.69) is 35.1 Å². The van der Waals surface area contributed by atoms with Gasteiger partial charge >= 0.3 is 0 Å². The minimum atomic E-state index is -0.0648. The van der Waals surface area contributed by atoms with Gasteiger partial charge in [0.25, 0.3) is 5.91 Å². The summed E-state index contributed by atoms with van der Waals surface area (Å²) in [4.78, 5) is 12.6. The molecule has 1 aromatic heterocycles. The van der Waals surface area contributed by atoms with Crippen LogP contribution >= 0.6 is 38.9 Å². The van der Waals surface area contributed by atoms with Crippen molar-refractivity contribution in [2.45, 2.75) is 33.6 Å². The van der Waals surface area contributed by atoms with Gasteiger partial charge in [0.05, 0.1) is 5.02 Å². The molecule has 0 aliphatic heterocycles. The molecule has 1 rings (SSSR count). The van der Waals surface area contributed by atoms with Gasteiger partial charge in [0.1, 0.15) is 4.88 Å². The minimum Gasteiger partial charge on any atom is -0.351 e. The van der Waals surface area contributed by atoms with Gasteiger partial charge in [0, 0.05) is 11.9 Å². The van der Waals surface area contributed by atoms with Crippen LogP contribution in [-0.4, -0.2) is 17.8 Å². The van der Waals surface area contributed by atoms with Crippen molar-refractivity contribution in [3.8, 4) is 0 Å². The highest BCUT2D eigenvalue weighted by Gasteiger charge is 2.20. The van der Waals surface area contributed by atoms with Crippen LogP contribution in [0.25, 0.3) is 0 Å². The molecule has 0 bridgehead atoms. The summed E-state index contributed by atoms with van der Waals surface area (Å²) >= 11 is 10.9. The van der Waals surface area contributed by atoms with Crippen LogP contribution in [0.3, 0.4) is 0 Å². The molecule has 0 aliphatic carbocycles. The molecule has 0 spiro atoms. The molecule has 2 nitrogen and oxygen atoms in total. The first-order valence-electron chi connectivity index (χ1n) is 5.95. The third kappa shape index (κ3) is 4.56. The predicted molar refractivity (Wildman–Crippen MR) is 83.2 cm³/mol. The van der Waals surface area contributed by atoms with E-state index in [4.69, 9.17) is 11.6 Å². The van der Waals surface area contributed by atoms with Crippen molar-refractivity contribution >= 4 is 44.8 Å². The largest absolute Gasteiger partial charge is 0.351 e. The molecule has 1 amide bonds. The summed E-state index contributed by atoms with van der Waals surface area (Å²) in [5.74, 6) is -0.0648. The van der Waals surface area contributed by atoms with Crippen LogP contribution in [-0.2, 0) is 0 Å². The number of halogens is 2. The van der Waals surface area contributed by atoms with E-state index in [-0.39, 0.29) is 11.3 Å². The van der Waals surface area contributed by atoms with E-state index in [1.807, 2.05) is 12.3 Å². The monoisotopic (exact) mass is 351 g/mol. The normalized spacial score (nSPS) is 11.6. The van der Waals surface area contributed by atoms with Crippen LogP contribution in [0.1, 0.15) is 41.9 Å². The predicted octanol–water partition coefficient (Wildman–Crippen LogP) is 4.64. The molecular formula is C13H19BrClNOS. The van der Waals surface area contributed by atoms with Gasteiger partial charge in [-0.25, -0.2) is 0 Å². The molecule has 0 atom stereocenters. The maximum Gasteiger partial charge on any atom is 0.262 e. The van der Waals surface area contributed by atoms with Gasteiger partial charge in [-0.05, 0) is 36.1 Å². The molecule has 102 valence electrons. The van der Waals surface area contributed by atoms with Crippen LogP contribution in [0.15, 0.2) is 5.38 Å². The van der Waals surface area contributed by atoms with Crippen molar-refractivity contribution in [2.75, 3.05) is 11.9 Å². The van der Waals surface area contributed by atoms with Gasteiger partial charge in [0.15, 0.2) is 0 Å². The number of nitrogens with one attached hydrogen (secondary N) is 1. The van der Waals surface area contributed by atoms with Gasteiger partial charge < -0.3 is 5.32 Å². The maximum absolute atomic E-state index is 12.0. The summed E-state index contributed by atoms with van der Waals surface area (Å²) in [6.45, 7) is 6.91. The molecule has 1 N–H and O–H groups in total. The zero-order valence-corrected chi connectivity index (χ0v) is 14.1. The van der Waals surface area contributed by atoms with Crippen LogP contribution in [0, 0.1) is 12.3 Å². The highest BCUT2D eigenvalue weighted by atomic mass is 79.9. The van der Waals surface area contributed by atoms with E-state index in [1.165, 1.54) is 11.3 Å². The molecular weight excluding hydrogens is 334 g/mol. The van der Waals surface area contributed by atoms with Crippen molar-refractivity contribution in [3.05, 3.63) is 20.8 Å². The highest BCUT2D eigenvalue weighted by Crippen LogP contribution is 2.27. The minimum absolute atomic E-state index is 0.0648. The average Bonchev–Trinajstić information content (AvgIpc) is 2.65. The first-order chi connectivity index (χ1) is 8.37. The van der Waals surface area contributed by atoms with Crippen molar-refractivity contribution in [3.63, 3.8) is 0 Å². The quantitative estimate of drug-likeness (QED) is 0.742. The van der Waals surface area contributed by atoms with Crippen LogP contribution in [0.5, 0.6) is 0 Å². The summed E-state index contributed by atoms with van der Waals surface area (Å²) in [5, 5.41) is 6.46. The Kier molecular flexibility index (Phi) is 6.15. The Morgan fingerprint density at radius 2 is 2.22 bits per heavy atom. The fraction of sp³-hybridized carbons (Fsp3) is 0.615. The van der Waals surface area contributed by atoms with Gasteiger partial charge in [-0.2, -0.15) is 0 Å². The highest BCUT2D eigenvalue weighted by molar-refractivity contribution is 9.09. The number of amides is 1. The Bertz CT molecular complexity index is 417. The molecule has 0 fully saturated rings. The molecule has 0 radical (unpaired) electrons. The number of hydrogen-bond donors (Lipinski definition) is 1. The maximum atomic E-state index is 12.0. The Balaban J connectivity index is 2.53. The summed E-state index contributed by atoms with van der Waals surface area (Å²) in [5.41, 5.74) is 1.08. The Hall–Kier alpha value is -0.0600. The molecule has 1 heterocycles. The lowest BCUT2D eigenvalue weighted by molar-refractivity contribution is 0.0938. The zero-order valence-electron chi connectivity index (χ0n) is 11.0. The lowest BCUT2D eigenvalue weighted by Gasteiger charge is -2.24. The van der Waals surface area contributed by atoms with Crippen molar-refractivity contribution in [1.82, 2.24) is 5.32 Å². The first-order valence-corrected chi connectivity index (χ1v) is 8.33. The van der Waals surface area contributed by atoms with Gasteiger partial charge in [-0.1, -0.05) is 41.4 Å². The summed E-state index contributed by atoms with van der Waals surface area (Å²) in [6.07, 6.45) is 2.19.